The second-order valence-corrected chi connectivity index (χ2v) is 5.81. The highest BCUT2D eigenvalue weighted by Gasteiger charge is 2.28. The van der Waals surface area contributed by atoms with Crippen LogP contribution in [-0.4, -0.2) is 15.6 Å². The zero-order valence-corrected chi connectivity index (χ0v) is 12.0. The summed E-state index contributed by atoms with van der Waals surface area (Å²) in [5, 5.41) is 4.47. The highest BCUT2D eigenvalue weighted by Crippen LogP contribution is 2.34. The third-order valence-electron chi connectivity index (χ3n) is 4.07. The Morgan fingerprint density at radius 2 is 2.15 bits per heavy atom. The summed E-state index contributed by atoms with van der Waals surface area (Å²) in [6.45, 7) is 4.18. The van der Waals surface area contributed by atoms with Gasteiger partial charge in [0.2, 0.25) is 0 Å². The molecule has 2 aromatic rings. The minimum Gasteiger partial charge on any atom is -0.299 e. The standard InChI is InChI=1S/C17H20N2O/c1-12(2)19-10-9-14(18-19)11-17(20)16-8-7-13-5-3-4-6-15(13)16/h3-6,9-10,12,16H,7-8,11H2,1-2H3. The smallest absolute Gasteiger partial charge is 0.146 e. The quantitative estimate of drug-likeness (QED) is 0.852. The van der Waals surface area contributed by atoms with E-state index in [-0.39, 0.29) is 5.92 Å². The number of hydrogen-bond acceptors (Lipinski definition) is 2. The third-order valence-corrected chi connectivity index (χ3v) is 4.07. The van der Waals surface area contributed by atoms with Gasteiger partial charge in [0.25, 0.3) is 0 Å². The van der Waals surface area contributed by atoms with Gasteiger partial charge in [-0.1, -0.05) is 24.3 Å². The molecule has 0 saturated heterocycles. The van der Waals surface area contributed by atoms with Gasteiger partial charge >= 0.3 is 0 Å². The molecule has 1 heterocycles. The van der Waals surface area contributed by atoms with Crippen molar-refractivity contribution in [2.24, 2.45) is 0 Å². The van der Waals surface area contributed by atoms with Gasteiger partial charge in [-0.2, -0.15) is 5.10 Å². The van der Waals surface area contributed by atoms with Crippen molar-refractivity contribution in [1.82, 2.24) is 9.78 Å². The van der Waals surface area contributed by atoms with Crippen LogP contribution in [0.5, 0.6) is 0 Å². The van der Waals surface area contributed by atoms with Crippen LogP contribution in [0.4, 0.5) is 0 Å². The average Bonchev–Trinajstić information content (AvgIpc) is 3.04. The molecule has 0 radical (unpaired) electrons. The zero-order valence-electron chi connectivity index (χ0n) is 12.0. The molecule has 3 nitrogen and oxygen atoms in total. The lowest BCUT2D eigenvalue weighted by Crippen LogP contribution is -2.13. The minimum atomic E-state index is 0.0652. The summed E-state index contributed by atoms with van der Waals surface area (Å²) in [4.78, 5) is 12.5. The maximum absolute atomic E-state index is 12.5. The number of ketones is 1. The van der Waals surface area contributed by atoms with Crippen molar-refractivity contribution in [3.05, 3.63) is 53.3 Å². The normalized spacial score (nSPS) is 17.4. The van der Waals surface area contributed by atoms with E-state index >= 15 is 0 Å². The summed E-state index contributed by atoms with van der Waals surface area (Å²) in [6.07, 6.45) is 4.37. The first-order valence-electron chi connectivity index (χ1n) is 7.29. The van der Waals surface area contributed by atoms with E-state index in [4.69, 9.17) is 0 Å². The van der Waals surface area contributed by atoms with Crippen molar-refractivity contribution in [3.8, 4) is 0 Å². The molecule has 0 saturated carbocycles. The predicted octanol–water partition coefficient (Wildman–Crippen LogP) is 3.31. The lowest BCUT2D eigenvalue weighted by molar-refractivity contribution is -0.119. The second-order valence-electron chi connectivity index (χ2n) is 5.81. The number of hydrogen-bond donors (Lipinski definition) is 0. The van der Waals surface area contributed by atoms with Crippen LogP contribution in [0.15, 0.2) is 36.5 Å². The molecule has 1 aromatic heterocycles. The Kier molecular flexibility index (Phi) is 3.43. The monoisotopic (exact) mass is 268 g/mol. The van der Waals surface area contributed by atoms with E-state index in [1.807, 2.05) is 23.0 Å². The number of carbonyl (C=O) groups excluding carboxylic acids is 1. The van der Waals surface area contributed by atoms with E-state index < -0.39 is 0 Å². The Bertz CT molecular complexity index is 627. The van der Waals surface area contributed by atoms with Gasteiger partial charge in [-0.25, -0.2) is 0 Å². The first-order chi connectivity index (χ1) is 9.65. The SMILES string of the molecule is CC(C)n1ccc(CC(=O)C2CCc3ccccc32)n1. The molecule has 0 aliphatic heterocycles. The maximum atomic E-state index is 12.5. The van der Waals surface area contributed by atoms with Crippen LogP contribution in [0.3, 0.4) is 0 Å². The molecular weight excluding hydrogens is 248 g/mol. The molecule has 104 valence electrons. The van der Waals surface area contributed by atoms with Crippen LogP contribution in [0.1, 0.15) is 49.0 Å². The summed E-state index contributed by atoms with van der Waals surface area (Å²) in [5.41, 5.74) is 3.44. The van der Waals surface area contributed by atoms with Crippen molar-refractivity contribution in [2.75, 3.05) is 0 Å². The van der Waals surface area contributed by atoms with Crippen LogP contribution in [-0.2, 0) is 17.6 Å². The number of Topliss-reactive ketones (excluding diaryl/α,β-unsaturated/α-hetero) is 1. The van der Waals surface area contributed by atoms with Gasteiger partial charge in [0.15, 0.2) is 0 Å². The minimum absolute atomic E-state index is 0.0652. The Morgan fingerprint density at radius 1 is 1.35 bits per heavy atom. The molecule has 3 heteroatoms. The molecule has 1 aliphatic rings. The first kappa shape index (κ1) is 13.1. The van der Waals surface area contributed by atoms with Crippen molar-refractivity contribution in [3.63, 3.8) is 0 Å². The number of aryl methyl sites for hydroxylation is 1. The predicted molar refractivity (Wildman–Crippen MR) is 78.8 cm³/mol. The first-order valence-corrected chi connectivity index (χ1v) is 7.29. The number of nitrogens with zero attached hydrogens (tertiary/aromatic N) is 2. The van der Waals surface area contributed by atoms with Gasteiger partial charge < -0.3 is 0 Å². The number of aromatic nitrogens is 2. The summed E-state index contributed by atoms with van der Waals surface area (Å²) in [7, 11) is 0. The van der Waals surface area contributed by atoms with E-state index in [1.54, 1.807) is 0 Å². The summed E-state index contributed by atoms with van der Waals surface area (Å²) >= 11 is 0. The molecule has 3 rings (SSSR count). The van der Waals surface area contributed by atoms with E-state index in [2.05, 4.69) is 37.1 Å². The molecule has 0 N–H and O–H groups in total. The van der Waals surface area contributed by atoms with Crippen LogP contribution in [0, 0.1) is 0 Å². The third kappa shape index (κ3) is 2.40. The fourth-order valence-electron chi connectivity index (χ4n) is 2.95. The fraction of sp³-hybridized carbons (Fsp3) is 0.412. The van der Waals surface area contributed by atoms with Crippen LogP contribution >= 0.6 is 0 Å². The molecule has 0 amide bonds. The Labute approximate surface area is 119 Å². The lowest BCUT2D eigenvalue weighted by atomic mass is 9.94. The Hall–Kier alpha value is -1.90. The molecule has 1 aromatic carbocycles. The van der Waals surface area contributed by atoms with Gasteiger partial charge in [-0.15, -0.1) is 0 Å². The molecule has 20 heavy (non-hydrogen) atoms. The molecule has 0 spiro atoms. The van der Waals surface area contributed by atoms with Gasteiger partial charge in [-0.3, -0.25) is 9.48 Å². The zero-order chi connectivity index (χ0) is 14.1. The maximum Gasteiger partial charge on any atom is 0.146 e. The van der Waals surface area contributed by atoms with Crippen molar-refractivity contribution in [1.29, 1.82) is 0 Å². The highest BCUT2D eigenvalue weighted by atomic mass is 16.1. The fourth-order valence-corrected chi connectivity index (χ4v) is 2.95. The Balaban J connectivity index is 1.74. The number of fused-ring (bicyclic) bond motifs is 1. The molecule has 1 unspecified atom stereocenters. The largest absolute Gasteiger partial charge is 0.299 e. The summed E-state index contributed by atoms with van der Waals surface area (Å²) < 4.78 is 1.91. The molecule has 1 atom stereocenters. The van der Waals surface area contributed by atoms with Crippen molar-refractivity contribution >= 4 is 5.78 Å². The molecule has 0 bridgehead atoms. The topological polar surface area (TPSA) is 34.9 Å². The average molecular weight is 268 g/mol. The second kappa shape index (κ2) is 5.23. The van der Waals surface area contributed by atoms with Crippen LogP contribution < -0.4 is 0 Å². The van der Waals surface area contributed by atoms with Crippen LogP contribution in [0.25, 0.3) is 0 Å². The number of benzene rings is 1. The van der Waals surface area contributed by atoms with Crippen LogP contribution in [0.2, 0.25) is 0 Å². The van der Waals surface area contributed by atoms with Gasteiger partial charge in [-0.05, 0) is 43.9 Å². The van der Waals surface area contributed by atoms with E-state index in [0.717, 1.165) is 18.5 Å². The summed E-state index contributed by atoms with van der Waals surface area (Å²) in [6, 6.07) is 10.6. The molecule has 1 aliphatic carbocycles. The van der Waals surface area contributed by atoms with Crippen molar-refractivity contribution in [2.45, 2.75) is 45.1 Å². The van der Waals surface area contributed by atoms with Gasteiger partial charge in [0.1, 0.15) is 5.78 Å². The van der Waals surface area contributed by atoms with E-state index in [1.165, 1.54) is 11.1 Å². The Morgan fingerprint density at radius 3 is 2.90 bits per heavy atom. The van der Waals surface area contributed by atoms with Crippen molar-refractivity contribution < 1.29 is 4.79 Å². The molecular formula is C17H20N2O. The van der Waals surface area contributed by atoms with E-state index in [9.17, 15) is 4.79 Å². The van der Waals surface area contributed by atoms with Gasteiger partial charge in [0, 0.05) is 18.2 Å². The lowest BCUT2D eigenvalue weighted by Gasteiger charge is -2.09. The highest BCUT2D eigenvalue weighted by molar-refractivity contribution is 5.88. The molecule has 0 fully saturated rings. The summed E-state index contributed by atoms with van der Waals surface area (Å²) in [5.74, 6) is 0.361. The number of carbonyl (C=O) groups is 1. The van der Waals surface area contributed by atoms with E-state index in [0.29, 0.717) is 18.2 Å². The van der Waals surface area contributed by atoms with Gasteiger partial charge in [0.05, 0.1) is 12.1 Å². The number of rotatable bonds is 4.